The number of esters is 1. The SMILES string of the molecule is COC(=O)c1ccc2oc(C(O)C(Cc3ccccc3)NC(=O)Cn3c(-c4cccc(N)c4)ncc(NC(=O)OCc4ccccc4)c3=O)nc2c1. The zero-order valence-electron chi connectivity index (χ0n) is 27.9. The lowest BCUT2D eigenvalue weighted by atomic mass is 10.0. The highest BCUT2D eigenvalue weighted by atomic mass is 16.5. The predicted octanol–water partition coefficient (Wildman–Crippen LogP) is 4.63. The van der Waals surface area contributed by atoms with Crippen molar-refractivity contribution in [2.75, 3.05) is 18.2 Å². The van der Waals surface area contributed by atoms with E-state index in [1.807, 2.05) is 36.4 Å². The quantitative estimate of drug-likeness (QED) is 0.102. The molecule has 2 amide bonds. The third-order valence-corrected chi connectivity index (χ3v) is 8.05. The molecule has 6 rings (SSSR count). The number of fused-ring (bicyclic) bond motifs is 1. The Morgan fingerprint density at radius 2 is 1.67 bits per heavy atom. The van der Waals surface area contributed by atoms with Crippen LogP contribution in [0.1, 0.15) is 33.5 Å². The molecule has 5 N–H and O–H groups in total. The number of carbonyl (C=O) groups excluding carboxylic acids is 3. The molecular formula is C38H34N6O8. The Hall–Kier alpha value is -6.80. The Balaban J connectivity index is 1.28. The summed E-state index contributed by atoms with van der Waals surface area (Å²) in [6.45, 7) is -0.589. The number of nitrogen functional groups attached to an aromatic ring is 1. The van der Waals surface area contributed by atoms with E-state index in [1.54, 1.807) is 48.5 Å². The second kappa shape index (κ2) is 15.8. The number of hydrogen-bond donors (Lipinski definition) is 4. The van der Waals surface area contributed by atoms with Crippen LogP contribution < -0.4 is 21.9 Å². The minimum Gasteiger partial charge on any atom is -0.465 e. The number of oxazole rings is 1. The number of amides is 2. The second-order valence-electron chi connectivity index (χ2n) is 11.7. The van der Waals surface area contributed by atoms with E-state index in [4.69, 9.17) is 19.6 Å². The first kappa shape index (κ1) is 35.0. The van der Waals surface area contributed by atoms with E-state index in [-0.39, 0.29) is 36.0 Å². The first-order chi connectivity index (χ1) is 25.2. The second-order valence-corrected chi connectivity index (χ2v) is 11.7. The zero-order valence-corrected chi connectivity index (χ0v) is 27.9. The molecular weight excluding hydrogens is 668 g/mol. The summed E-state index contributed by atoms with van der Waals surface area (Å²) in [5, 5.41) is 16.8. The number of ether oxygens (including phenoxy) is 2. The van der Waals surface area contributed by atoms with E-state index in [9.17, 15) is 24.3 Å². The summed E-state index contributed by atoms with van der Waals surface area (Å²) in [4.78, 5) is 61.2. The molecule has 0 radical (unpaired) electrons. The molecule has 52 heavy (non-hydrogen) atoms. The van der Waals surface area contributed by atoms with Gasteiger partial charge >= 0.3 is 12.1 Å². The highest BCUT2D eigenvalue weighted by Gasteiger charge is 2.29. The number of anilines is 2. The van der Waals surface area contributed by atoms with Gasteiger partial charge in [-0.2, -0.15) is 0 Å². The van der Waals surface area contributed by atoms with E-state index >= 15 is 0 Å². The van der Waals surface area contributed by atoms with Gasteiger partial charge in [-0.1, -0.05) is 72.8 Å². The maximum Gasteiger partial charge on any atom is 0.412 e. The summed E-state index contributed by atoms with van der Waals surface area (Å²) in [5.41, 5.74) is 8.29. The summed E-state index contributed by atoms with van der Waals surface area (Å²) >= 11 is 0. The molecule has 2 unspecified atom stereocenters. The topological polar surface area (TPSA) is 201 Å². The fraction of sp³-hybridized carbons (Fsp3) is 0.158. The first-order valence-corrected chi connectivity index (χ1v) is 16.1. The molecule has 0 bridgehead atoms. The molecule has 0 aliphatic carbocycles. The van der Waals surface area contributed by atoms with Crippen LogP contribution in [0.2, 0.25) is 0 Å². The van der Waals surface area contributed by atoms with Crippen molar-refractivity contribution in [1.82, 2.24) is 19.9 Å². The van der Waals surface area contributed by atoms with Crippen molar-refractivity contribution in [3.05, 3.63) is 142 Å². The van der Waals surface area contributed by atoms with Gasteiger partial charge in [0.15, 0.2) is 11.7 Å². The molecule has 0 saturated heterocycles. The summed E-state index contributed by atoms with van der Waals surface area (Å²) in [6, 6.07) is 28.3. The summed E-state index contributed by atoms with van der Waals surface area (Å²) in [6.07, 6.45) is -1.00. The van der Waals surface area contributed by atoms with Crippen molar-refractivity contribution >= 4 is 40.4 Å². The predicted molar refractivity (Wildman–Crippen MR) is 191 cm³/mol. The largest absolute Gasteiger partial charge is 0.465 e. The van der Waals surface area contributed by atoms with Crippen molar-refractivity contribution in [2.45, 2.75) is 31.7 Å². The summed E-state index contributed by atoms with van der Waals surface area (Å²) in [5.74, 6) is -1.22. The van der Waals surface area contributed by atoms with E-state index in [0.29, 0.717) is 22.4 Å². The number of aliphatic hydroxyl groups excluding tert-OH is 1. The molecule has 264 valence electrons. The van der Waals surface area contributed by atoms with E-state index < -0.39 is 42.2 Å². The fourth-order valence-corrected chi connectivity index (χ4v) is 5.50. The van der Waals surface area contributed by atoms with Gasteiger partial charge in [0.2, 0.25) is 11.8 Å². The van der Waals surface area contributed by atoms with Gasteiger partial charge in [-0.3, -0.25) is 19.5 Å². The van der Waals surface area contributed by atoms with E-state index in [0.717, 1.165) is 15.7 Å². The molecule has 0 aliphatic rings. The number of methoxy groups -OCH3 is 1. The molecule has 2 heterocycles. The number of aliphatic hydroxyl groups is 1. The van der Waals surface area contributed by atoms with Crippen LogP contribution in [-0.4, -0.2) is 50.8 Å². The molecule has 6 aromatic rings. The number of nitrogens with two attached hydrogens (primary N) is 1. The fourth-order valence-electron chi connectivity index (χ4n) is 5.50. The minimum absolute atomic E-state index is 0.0320. The summed E-state index contributed by atoms with van der Waals surface area (Å²) < 4.78 is 17.0. The summed E-state index contributed by atoms with van der Waals surface area (Å²) in [7, 11) is 1.26. The molecule has 4 aromatic carbocycles. The average Bonchev–Trinajstić information content (AvgIpc) is 3.59. The van der Waals surface area contributed by atoms with Crippen LogP contribution in [0.3, 0.4) is 0 Å². The van der Waals surface area contributed by atoms with Crippen molar-refractivity contribution < 1.29 is 33.4 Å². The van der Waals surface area contributed by atoms with Gasteiger partial charge in [0.05, 0.1) is 24.9 Å². The number of hydrogen-bond acceptors (Lipinski definition) is 11. The van der Waals surface area contributed by atoms with Crippen molar-refractivity contribution in [1.29, 1.82) is 0 Å². The van der Waals surface area contributed by atoms with Crippen LogP contribution in [0.15, 0.2) is 119 Å². The maximum atomic E-state index is 13.9. The van der Waals surface area contributed by atoms with Gasteiger partial charge in [-0.05, 0) is 47.9 Å². The molecule has 0 aliphatic heterocycles. The number of nitrogens with zero attached hydrogens (tertiary/aromatic N) is 3. The lowest BCUT2D eigenvalue weighted by molar-refractivity contribution is -0.123. The van der Waals surface area contributed by atoms with Crippen LogP contribution in [0.25, 0.3) is 22.5 Å². The monoisotopic (exact) mass is 702 g/mol. The lowest BCUT2D eigenvalue weighted by Crippen LogP contribution is -2.44. The van der Waals surface area contributed by atoms with Gasteiger partial charge < -0.3 is 30.0 Å². The Morgan fingerprint density at radius 1 is 0.942 bits per heavy atom. The van der Waals surface area contributed by atoms with Crippen LogP contribution in [0.4, 0.5) is 16.2 Å². The highest BCUT2D eigenvalue weighted by Crippen LogP contribution is 2.26. The van der Waals surface area contributed by atoms with Gasteiger partial charge in [0.1, 0.15) is 30.2 Å². The minimum atomic E-state index is -1.45. The van der Waals surface area contributed by atoms with Crippen LogP contribution >= 0.6 is 0 Å². The standard InChI is InChI=1S/C38H34N6O8/c1-50-37(48)26-15-16-31-28(19-26)42-35(52-31)33(46)29(17-23-9-4-2-5-10-23)41-32(45)21-44-34(25-13-8-14-27(39)18-25)40-20-30(36(44)47)43-38(49)51-22-24-11-6-3-7-12-24/h2-16,18-20,29,33,46H,17,21-22,39H2,1H3,(H,41,45)(H,43,49). The molecule has 2 atom stereocenters. The van der Waals surface area contributed by atoms with Gasteiger partial charge in [0, 0.05) is 11.3 Å². The molecule has 2 aromatic heterocycles. The average molecular weight is 703 g/mol. The molecule has 0 saturated carbocycles. The van der Waals surface area contributed by atoms with Gasteiger partial charge in [-0.25, -0.2) is 19.6 Å². The van der Waals surface area contributed by atoms with Crippen molar-refractivity contribution in [3.63, 3.8) is 0 Å². The maximum absolute atomic E-state index is 13.9. The van der Waals surface area contributed by atoms with E-state index in [1.165, 1.54) is 31.5 Å². The molecule has 14 nitrogen and oxygen atoms in total. The highest BCUT2D eigenvalue weighted by molar-refractivity contribution is 5.93. The number of nitrogens with one attached hydrogen (secondary N) is 2. The third kappa shape index (κ3) is 8.31. The number of rotatable bonds is 12. The lowest BCUT2D eigenvalue weighted by Gasteiger charge is -2.23. The van der Waals surface area contributed by atoms with Gasteiger partial charge in [-0.15, -0.1) is 0 Å². The van der Waals surface area contributed by atoms with Crippen LogP contribution in [-0.2, 0) is 33.8 Å². The van der Waals surface area contributed by atoms with Crippen LogP contribution in [0.5, 0.6) is 0 Å². The van der Waals surface area contributed by atoms with E-state index in [2.05, 4.69) is 20.6 Å². The molecule has 0 fully saturated rings. The Labute approximate surface area is 296 Å². The Morgan fingerprint density at radius 3 is 2.38 bits per heavy atom. The third-order valence-electron chi connectivity index (χ3n) is 8.05. The molecule has 0 spiro atoms. The number of aromatic nitrogens is 3. The van der Waals surface area contributed by atoms with Gasteiger partial charge in [0.25, 0.3) is 5.56 Å². The normalized spacial score (nSPS) is 12.1. The first-order valence-electron chi connectivity index (χ1n) is 16.1. The van der Waals surface area contributed by atoms with Crippen LogP contribution in [0, 0.1) is 0 Å². The molecule has 14 heteroatoms. The Kier molecular flexibility index (Phi) is 10.7. The number of carbonyl (C=O) groups is 3. The number of benzene rings is 4. The Bertz CT molecular complexity index is 2270. The smallest absolute Gasteiger partial charge is 0.412 e. The van der Waals surface area contributed by atoms with Crippen molar-refractivity contribution in [3.8, 4) is 11.4 Å². The zero-order chi connectivity index (χ0) is 36.6. The van der Waals surface area contributed by atoms with Crippen molar-refractivity contribution in [2.24, 2.45) is 0 Å².